The third-order valence-corrected chi connectivity index (χ3v) is 3.97. The minimum absolute atomic E-state index is 0.00903. The topological polar surface area (TPSA) is 67.6 Å². The molecule has 0 bridgehead atoms. The Morgan fingerprint density at radius 3 is 3.10 bits per heavy atom. The van der Waals surface area contributed by atoms with Crippen molar-refractivity contribution in [2.45, 2.75) is 25.0 Å². The Morgan fingerprint density at radius 1 is 1.62 bits per heavy atom. The molecule has 1 aromatic carbocycles. The Hall–Kier alpha value is -1.30. The van der Waals surface area contributed by atoms with Gasteiger partial charge in [-0.2, -0.15) is 0 Å². The number of methoxy groups -OCH3 is 1. The van der Waals surface area contributed by atoms with Gasteiger partial charge in [0.15, 0.2) is 0 Å². The number of halogens is 1. The molecule has 21 heavy (non-hydrogen) atoms. The molecule has 0 aromatic heterocycles. The maximum absolute atomic E-state index is 11.9. The van der Waals surface area contributed by atoms with E-state index in [1.165, 1.54) is 0 Å². The van der Waals surface area contributed by atoms with Crippen molar-refractivity contribution in [3.8, 4) is 0 Å². The molecule has 2 atom stereocenters. The highest BCUT2D eigenvalue weighted by molar-refractivity contribution is 6.30. The summed E-state index contributed by atoms with van der Waals surface area (Å²) in [7, 11) is 1.57. The van der Waals surface area contributed by atoms with Gasteiger partial charge in [0.25, 0.3) is 0 Å². The zero-order chi connectivity index (χ0) is 15.2. The van der Waals surface area contributed by atoms with Crippen molar-refractivity contribution in [2.24, 2.45) is 5.73 Å². The predicted molar refractivity (Wildman–Crippen MR) is 84.7 cm³/mol. The molecule has 2 unspecified atom stereocenters. The van der Waals surface area contributed by atoms with Crippen molar-refractivity contribution >= 4 is 23.2 Å². The molecular weight excluding hydrogens is 290 g/mol. The van der Waals surface area contributed by atoms with Crippen LogP contribution in [0.2, 0.25) is 5.02 Å². The van der Waals surface area contributed by atoms with Gasteiger partial charge < -0.3 is 20.7 Å². The van der Waals surface area contributed by atoms with Crippen LogP contribution in [0.25, 0.3) is 0 Å². The lowest BCUT2D eigenvalue weighted by atomic mass is 10.2. The second kappa shape index (κ2) is 7.64. The van der Waals surface area contributed by atoms with Crippen LogP contribution in [0.4, 0.5) is 5.69 Å². The molecule has 5 nitrogen and oxygen atoms in total. The predicted octanol–water partition coefficient (Wildman–Crippen LogP) is 1.40. The molecule has 0 radical (unpaired) electrons. The van der Waals surface area contributed by atoms with Gasteiger partial charge in [0.1, 0.15) is 0 Å². The monoisotopic (exact) mass is 311 g/mol. The largest absolute Gasteiger partial charge is 0.380 e. The number of anilines is 1. The molecule has 1 heterocycles. The van der Waals surface area contributed by atoms with E-state index >= 15 is 0 Å². The molecule has 2 rings (SSSR count). The van der Waals surface area contributed by atoms with Crippen molar-refractivity contribution in [3.63, 3.8) is 0 Å². The molecule has 3 N–H and O–H groups in total. The van der Waals surface area contributed by atoms with E-state index in [1.807, 2.05) is 24.3 Å². The van der Waals surface area contributed by atoms with E-state index in [-0.39, 0.29) is 18.1 Å². The number of rotatable bonds is 6. The number of nitrogens with zero attached hydrogens (tertiary/aromatic N) is 1. The van der Waals surface area contributed by atoms with E-state index in [0.717, 1.165) is 30.2 Å². The van der Waals surface area contributed by atoms with Crippen molar-refractivity contribution in [1.29, 1.82) is 0 Å². The average Bonchev–Trinajstić information content (AvgIpc) is 2.93. The molecule has 1 aliphatic rings. The van der Waals surface area contributed by atoms with Crippen LogP contribution >= 0.6 is 11.6 Å². The van der Waals surface area contributed by atoms with Gasteiger partial charge in [-0.15, -0.1) is 0 Å². The quantitative estimate of drug-likeness (QED) is 0.833. The number of hydrogen-bond acceptors (Lipinski definition) is 4. The first-order chi connectivity index (χ1) is 10.1. The molecular formula is C15H22ClN3O2. The highest BCUT2D eigenvalue weighted by atomic mass is 35.5. The van der Waals surface area contributed by atoms with E-state index in [0.29, 0.717) is 13.0 Å². The van der Waals surface area contributed by atoms with E-state index in [1.54, 1.807) is 7.11 Å². The lowest BCUT2D eigenvalue weighted by molar-refractivity contribution is -0.123. The molecule has 1 saturated heterocycles. The van der Waals surface area contributed by atoms with Gasteiger partial charge in [0.2, 0.25) is 5.91 Å². The van der Waals surface area contributed by atoms with Crippen LogP contribution < -0.4 is 16.0 Å². The number of nitrogens with one attached hydrogen (secondary N) is 1. The molecule has 0 aliphatic carbocycles. The summed E-state index contributed by atoms with van der Waals surface area (Å²) in [4.78, 5) is 14.2. The first-order valence-electron chi connectivity index (χ1n) is 7.15. The Labute approximate surface area is 130 Å². The van der Waals surface area contributed by atoms with Crippen molar-refractivity contribution in [3.05, 3.63) is 29.3 Å². The van der Waals surface area contributed by atoms with E-state index < -0.39 is 0 Å². The van der Waals surface area contributed by atoms with Crippen LogP contribution in [0.15, 0.2) is 24.3 Å². The number of carbonyl (C=O) groups excluding carboxylic acids is 1. The molecule has 1 aliphatic heterocycles. The summed E-state index contributed by atoms with van der Waals surface area (Å²) in [5, 5.41) is 3.77. The fourth-order valence-corrected chi connectivity index (χ4v) is 2.73. The summed E-state index contributed by atoms with van der Waals surface area (Å²) in [6.07, 6.45) is 1.02. The maximum atomic E-state index is 11.9. The van der Waals surface area contributed by atoms with Crippen LogP contribution in [0.1, 0.15) is 12.8 Å². The number of carbonyl (C=O) groups is 1. The lowest BCUT2D eigenvalue weighted by Crippen LogP contribution is -2.39. The molecule has 1 amide bonds. The summed E-state index contributed by atoms with van der Waals surface area (Å²) in [6, 6.07) is 7.94. The minimum atomic E-state index is -0.213. The second-order valence-corrected chi connectivity index (χ2v) is 5.71. The van der Waals surface area contributed by atoms with Crippen LogP contribution in [0, 0.1) is 0 Å². The van der Waals surface area contributed by atoms with Crippen LogP contribution in [-0.2, 0) is 9.53 Å². The number of ether oxygens (including phenoxy) is 1. The van der Waals surface area contributed by atoms with Gasteiger partial charge in [-0.05, 0) is 24.6 Å². The summed E-state index contributed by atoms with van der Waals surface area (Å²) in [6.45, 7) is 2.06. The second-order valence-electron chi connectivity index (χ2n) is 5.28. The number of benzene rings is 1. The molecule has 0 saturated carbocycles. The fourth-order valence-electron chi connectivity index (χ4n) is 2.54. The lowest BCUT2D eigenvalue weighted by Gasteiger charge is -2.20. The Morgan fingerprint density at radius 2 is 2.43 bits per heavy atom. The molecule has 0 spiro atoms. The van der Waals surface area contributed by atoms with E-state index in [9.17, 15) is 4.79 Å². The van der Waals surface area contributed by atoms with Gasteiger partial charge in [-0.3, -0.25) is 4.79 Å². The standard InChI is InChI=1S/C15H22ClN3O2/c1-21-14(9-17)8-15(20)18-12-5-6-19(10-12)13-4-2-3-11(16)7-13/h2-4,7,12,14H,5-6,8-10,17H2,1H3,(H,18,20). The Bertz CT molecular complexity index is 480. The summed E-state index contributed by atoms with van der Waals surface area (Å²) in [5.74, 6) is -0.00903. The van der Waals surface area contributed by atoms with Crippen molar-refractivity contribution in [2.75, 3.05) is 31.6 Å². The zero-order valence-electron chi connectivity index (χ0n) is 12.2. The molecule has 1 fully saturated rings. The van der Waals surface area contributed by atoms with Gasteiger partial charge >= 0.3 is 0 Å². The van der Waals surface area contributed by atoms with Crippen molar-refractivity contribution in [1.82, 2.24) is 5.32 Å². The first-order valence-corrected chi connectivity index (χ1v) is 7.53. The normalized spacial score (nSPS) is 19.6. The smallest absolute Gasteiger partial charge is 0.222 e. The Kier molecular flexibility index (Phi) is 5.85. The number of nitrogens with two attached hydrogens (primary N) is 1. The van der Waals surface area contributed by atoms with E-state index in [4.69, 9.17) is 22.1 Å². The van der Waals surface area contributed by atoms with Gasteiger partial charge in [0, 0.05) is 43.5 Å². The summed E-state index contributed by atoms with van der Waals surface area (Å²) < 4.78 is 5.13. The highest BCUT2D eigenvalue weighted by Gasteiger charge is 2.24. The minimum Gasteiger partial charge on any atom is -0.380 e. The molecule has 116 valence electrons. The van der Waals surface area contributed by atoms with Crippen LogP contribution in [0.5, 0.6) is 0 Å². The average molecular weight is 312 g/mol. The van der Waals surface area contributed by atoms with Gasteiger partial charge in [-0.1, -0.05) is 17.7 Å². The summed E-state index contributed by atoms with van der Waals surface area (Å²) >= 11 is 6.01. The number of amides is 1. The number of hydrogen-bond donors (Lipinski definition) is 2. The zero-order valence-corrected chi connectivity index (χ0v) is 13.0. The molecule has 6 heteroatoms. The third kappa shape index (κ3) is 4.59. The van der Waals surface area contributed by atoms with Gasteiger partial charge in [0.05, 0.1) is 12.5 Å². The van der Waals surface area contributed by atoms with Crippen LogP contribution in [-0.4, -0.2) is 44.8 Å². The molecule has 1 aromatic rings. The SMILES string of the molecule is COC(CN)CC(=O)NC1CCN(c2cccc(Cl)c2)C1. The first kappa shape index (κ1) is 16.1. The van der Waals surface area contributed by atoms with Crippen LogP contribution in [0.3, 0.4) is 0 Å². The van der Waals surface area contributed by atoms with E-state index in [2.05, 4.69) is 10.2 Å². The third-order valence-electron chi connectivity index (χ3n) is 3.74. The fraction of sp³-hybridized carbons (Fsp3) is 0.533. The summed E-state index contributed by atoms with van der Waals surface area (Å²) in [5.41, 5.74) is 6.62. The maximum Gasteiger partial charge on any atom is 0.222 e. The van der Waals surface area contributed by atoms with Crippen molar-refractivity contribution < 1.29 is 9.53 Å². The highest BCUT2D eigenvalue weighted by Crippen LogP contribution is 2.23. The Balaban J connectivity index is 1.84. The van der Waals surface area contributed by atoms with Gasteiger partial charge in [-0.25, -0.2) is 0 Å².